The Morgan fingerprint density at radius 2 is 2.04 bits per heavy atom. The molecule has 23 heavy (non-hydrogen) atoms. The summed E-state index contributed by atoms with van der Waals surface area (Å²) in [7, 11) is 0. The Balaban J connectivity index is 1.81. The third kappa shape index (κ3) is 3.48. The lowest BCUT2D eigenvalue weighted by Gasteiger charge is -2.02. The average Bonchev–Trinajstić information content (AvgIpc) is 3.01. The molecule has 2 heterocycles. The number of carbonyl (C=O) groups is 1. The maximum absolute atomic E-state index is 12.2. The summed E-state index contributed by atoms with van der Waals surface area (Å²) in [5.41, 5.74) is 1.68. The molecule has 8 heteroatoms. The van der Waals surface area contributed by atoms with Crippen LogP contribution in [0.2, 0.25) is 0 Å². The molecule has 1 N–H and O–H groups in total. The molecular weight excluding hydrogens is 342 g/mol. The van der Waals surface area contributed by atoms with Crippen LogP contribution in [-0.4, -0.2) is 17.5 Å². The molecule has 3 rings (SSSR count). The first-order chi connectivity index (χ1) is 10.9. The maximum atomic E-state index is 12.2. The van der Waals surface area contributed by atoms with Gasteiger partial charge in [0.15, 0.2) is 5.13 Å². The first-order valence-electron chi connectivity index (χ1n) is 6.66. The number of thiazole rings is 1. The predicted molar refractivity (Wildman–Crippen MR) is 88.0 cm³/mol. The van der Waals surface area contributed by atoms with Crippen molar-refractivity contribution in [2.24, 2.45) is 0 Å². The number of carbonyl (C=O) groups excluding carboxylic acids is 1. The van der Waals surface area contributed by atoms with Gasteiger partial charge < -0.3 is 4.74 Å². The van der Waals surface area contributed by atoms with Crippen molar-refractivity contribution in [1.29, 1.82) is 0 Å². The lowest BCUT2D eigenvalue weighted by atomic mass is 10.3. The average molecular weight is 354 g/mol. The molecule has 0 aliphatic rings. The van der Waals surface area contributed by atoms with E-state index in [1.807, 2.05) is 19.9 Å². The molecule has 0 aliphatic heterocycles. The number of alkyl halides is 2. The normalized spacial score (nSPS) is 11.2. The molecule has 0 saturated carbocycles. The van der Waals surface area contributed by atoms with Gasteiger partial charge in [-0.15, -0.1) is 11.3 Å². The zero-order valence-corrected chi connectivity index (χ0v) is 13.9. The number of thiophene rings is 1. The molecule has 0 fully saturated rings. The molecular formula is C15H12F2N2O2S2. The topological polar surface area (TPSA) is 51.2 Å². The van der Waals surface area contributed by atoms with Gasteiger partial charge in [0.05, 0.1) is 15.1 Å². The molecule has 0 spiro atoms. The van der Waals surface area contributed by atoms with Crippen LogP contribution in [0.25, 0.3) is 10.2 Å². The monoisotopic (exact) mass is 354 g/mol. The highest BCUT2D eigenvalue weighted by molar-refractivity contribution is 7.22. The fourth-order valence-electron chi connectivity index (χ4n) is 1.98. The number of anilines is 1. The molecule has 0 aliphatic carbocycles. The van der Waals surface area contributed by atoms with E-state index >= 15 is 0 Å². The van der Waals surface area contributed by atoms with Gasteiger partial charge in [-0.2, -0.15) is 8.78 Å². The summed E-state index contributed by atoms with van der Waals surface area (Å²) >= 11 is 2.63. The Morgan fingerprint density at radius 3 is 2.70 bits per heavy atom. The van der Waals surface area contributed by atoms with E-state index < -0.39 is 6.61 Å². The number of nitrogens with one attached hydrogen (secondary N) is 1. The summed E-state index contributed by atoms with van der Waals surface area (Å²) in [6.45, 7) is 1.04. The number of nitrogens with zero attached hydrogens (tertiary/aromatic N) is 1. The van der Waals surface area contributed by atoms with Gasteiger partial charge in [0, 0.05) is 4.88 Å². The molecule has 2 aromatic heterocycles. The minimum absolute atomic E-state index is 0.0681. The van der Waals surface area contributed by atoms with Crippen LogP contribution in [0.5, 0.6) is 5.75 Å². The molecule has 3 aromatic rings. The van der Waals surface area contributed by atoms with Gasteiger partial charge in [-0.3, -0.25) is 10.1 Å². The summed E-state index contributed by atoms with van der Waals surface area (Å²) in [5, 5.41) is 3.16. The maximum Gasteiger partial charge on any atom is 0.387 e. The van der Waals surface area contributed by atoms with E-state index in [9.17, 15) is 13.6 Å². The van der Waals surface area contributed by atoms with Crippen molar-refractivity contribution in [1.82, 2.24) is 4.98 Å². The summed E-state index contributed by atoms with van der Waals surface area (Å²) in [4.78, 5) is 18.2. The Bertz CT molecular complexity index is 854. The number of aryl methyl sites for hydroxylation is 2. The Kier molecular flexibility index (Phi) is 4.27. The minimum Gasteiger partial charge on any atom is -0.435 e. The number of halogens is 2. The second-order valence-corrected chi connectivity index (χ2v) is 7.12. The number of hydrogen-bond donors (Lipinski definition) is 1. The summed E-state index contributed by atoms with van der Waals surface area (Å²) in [5.74, 6) is -0.159. The molecule has 0 radical (unpaired) electrons. The quantitative estimate of drug-likeness (QED) is 0.730. The van der Waals surface area contributed by atoms with E-state index in [0.29, 0.717) is 20.2 Å². The van der Waals surface area contributed by atoms with Gasteiger partial charge >= 0.3 is 6.61 Å². The second-order valence-electron chi connectivity index (χ2n) is 4.83. The van der Waals surface area contributed by atoms with Crippen LogP contribution in [0.3, 0.4) is 0 Å². The third-order valence-electron chi connectivity index (χ3n) is 3.20. The Morgan fingerprint density at radius 1 is 1.26 bits per heavy atom. The van der Waals surface area contributed by atoms with E-state index in [-0.39, 0.29) is 11.7 Å². The molecule has 1 amide bonds. The molecule has 0 atom stereocenters. The molecule has 4 nitrogen and oxygen atoms in total. The molecule has 1 aromatic carbocycles. The van der Waals surface area contributed by atoms with Crippen molar-refractivity contribution in [3.63, 3.8) is 0 Å². The standard InChI is InChI=1S/C15H12F2N2O2S2/c1-7-5-12(22-8(7)2)13(20)19-15-18-10-4-3-9(21-14(16)17)6-11(10)23-15/h3-6,14H,1-2H3,(H,18,19,20). The first-order valence-corrected chi connectivity index (χ1v) is 8.29. The molecule has 120 valence electrons. The number of rotatable bonds is 4. The highest BCUT2D eigenvalue weighted by atomic mass is 32.1. The van der Waals surface area contributed by atoms with Crippen molar-refractivity contribution >= 4 is 43.9 Å². The van der Waals surface area contributed by atoms with Crippen molar-refractivity contribution in [3.8, 4) is 5.75 Å². The SMILES string of the molecule is Cc1cc(C(=O)Nc2nc3ccc(OC(F)F)cc3s2)sc1C. The van der Waals surface area contributed by atoms with Gasteiger partial charge in [-0.05, 0) is 43.7 Å². The van der Waals surface area contributed by atoms with Crippen molar-refractivity contribution in [2.45, 2.75) is 20.5 Å². The van der Waals surface area contributed by atoms with Gasteiger partial charge in [0.2, 0.25) is 0 Å². The van der Waals surface area contributed by atoms with Crippen LogP contribution in [0, 0.1) is 13.8 Å². The van der Waals surface area contributed by atoms with E-state index in [1.165, 1.54) is 34.8 Å². The van der Waals surface area contributed by atoms with Crippen molar-refractivity contribution in [2.75, 3.05) is 5.32 Å². The van der Waals surface area contributed by atoms with E-state index in [4.69, 9.17) is 0 Å². The van der Waals surface area contributed by atoms with Crippen LogP contribution < -0.4 is 10.1 Å². The largest absolute Gasteiger partial charge is 0.435 e. The molecule has 0 unspecified atom stereocenters. The predicted octanol–water partition coefficient (Wildman–Crippen LogP) is 4.83. The lowest BCUT2D eigenvalue weighted by Crippen LogP contribution is -2.09. The number of aromatic nitrogens is 1. The van der Waals surface area contributed by atoms with Crippen LogP contribution in [-0.2, 0) is 0 Å². The lowest BCUT2D eigenvalue weighted by molar-refractivity contribution is -0.0497. The number of fused-ring (bicyclic) bond motifs is 1. The van der Waals surface area contributed by atoms with Crippen LogP contribution >= 0.6 is 22.7 Å². The number of benzene rings is 1. The number of amides is 1. The van der Waals surface area contributed by atoms with Crippen molar-refractivity contribution in [3.05, 3.63) is 39.6 Å². The minimum atomic E-state index is -2.87. The molecule has 0 saturated heterocycles. The zero-order valence-electron chi connectivity index (χ0n) is 12.2. The summed E-state index contributed by atoms with van der Waals surface area (Å²) < 4.78 is 29.5. The Hall–Kier alpha value is -2.06. The van der Waals surface area contributed by atoms with Gasteiger partial charge in [0.1, 0.15) is 5.75 Å². The van der Waals surface area contributed by atoms with Gasteiger partial charge in [-0.1, -0.05) is 11.3 Å². The summed E-state index contributed by atoms with van der Waals surface area (Å²) in [6, 6.07) is 6.32. The Labute approximate surface area is 138 Å². The fraction of sp³-hybridized carbons (Fsp3) is 0.200. The van der Waals surface area contributed by atoms with Crippen LogP contribution in [0.1, 0.15) is 20.1 Å². The number of ether oxygens (including phenoxy) is 1. The van der Waals surface area contributed by atoms with Gasteiger partial charge in [0.25, 0.3) is 5.91 Å². The highest BCUT2D eigenvalue weighted by Crippen LogP contribution is 2.30. The van der Waals surface area contributed by atoms with E-state index in [2.05, 4.69) is 15.0 Å². The van der Waals surface area contributed by atoms with Crippen molar-refractivity contribution < 1.29 is 18.3 Å². The summed E-state index contributed by atoms with van der Waals surface area (Å²) in [6.07, 6.45) is 0. The van der Waals surface area contributed by atoms with E-state index in [0.717, 1.165) is 10.4 Å². The highest BCUT2D eigenvalue weighted by Gasteiger charge is 2.14. The third-order valence-corrected chi connectivity index (χ3v) is 5.28. The van der Waals surface area contributed by atoms with Gasteiger partial charge in [-0.25, -0.2) is 4.98 Å². The number of hydrogen-bond acceptors (Lipinski definition) is 5. The van der Waals surface area contributed by atoms with E-state index in [1.54, 1.807) is 6.07 Å². The second kappa shape index (κ2) is 6.21. The first kappa shape index (κ1) is 15.8. The fourth-order valence-corrected chi connectivity index (χ4v) is 3.80. The zero-order chi connectivity index (χ0) is 16.6. The van der Waals surface area contributed by atoms with Crippen LogP contribution in [0.15, 0.2) is 24.3 Å². The molecule has 0 bridgehead atoms. The smallest absolute Gasteiger partial charge is 0.387 e. The van der Waals surface area contributed by atoms with Crippen LogP contribution in [0.4, 0.5) is 13.9 Å².